The van der Waals surface area contributed by atoms with E-state index in [1.54, 1.807) is 16.8 Å². The number of aromatic nitrogens is 2. The summed E-state index contributed by atoms with van der Waals surface area (Å²) in [5, 5.41) is 17.2. The Morgan fingerprint density at radius 1 is 1.29 bits per heavy atom. The third-order valence-electron chi connectivity index (χ3n) is 5.03. The molecule has 1 heterocycles. The maximum absolute atomic E-state index is 12.7. The number of hydrogen-bond acceptors (Lipinski definition) is 6. The monoisotopic (exact) mass is 481 g/mol. The molecule has 0 aliphatic carbocycles. The highest BCUT2D eigenvalue weighted by molar-refractivity contribution is 6.32. The molecule has 9 heteroatoms. The normalized spacial score (nSPS) is 10.7. The number of anilines is 1. The number of methoxy groups -OCH3 is 1. The van der Waals surface area contributed by atoms with Crippen LogP contribution >= 0.6 is 11.6 Å². The average Bonchev–Trinajstić information content (AvgIpc) is 3.15. The van der Waals surface area contributed by atoms with E-state index < -0.39 is 0 Å². The third-order valence-corrected chi connectivity index (χ3v) is 5.32. The Kier molecular flexibility index (Phi) is 8.39. The molecule has 0 aliphatic heterocycles. The number of rotatable bonds is 10. The summed E-state index contributed by atoms with van der Waals surface area (Å²) in [6.45, 7) is 4.93. The second-order valence-corrected chi connectivity index (χ2v) is 8.53. The van der Waals surface area contributed by atoms with Crippen molar-refractivity contribution in [2.24, 2.45) is 5.92 Å². The maximum Gasteiger partial charge on any atom is 0.251 e. The van der Waals surface area contributed by atoms with Crippen molar-refractivity contribution in [1.82, 2.24) is 15.1 Å². The van der Waals surface area contributed by atoms with Crippen molar-refractivity contribution < 1.29 is 14.3 Å². The summed E-state index contributed by atoms with van der Waals surface area (Å²) >= 11 is 6.35. The van der Waals surface area contributed by atoms with E-state index in [0.29, 0.717) is 71.1 Å². The standard InChI is InChI=1S/C25H28ClN5O3/c1-16(2)15-34-23-20(26)12-17(13-22(23)33-3)25(32)29-11-7-10-21-19(14-27)24(28)31(30-21)18-8-5-4-6-9-18/h4-6,8-9,12-13,16H,7,10-11,15,28H2,1-3H3,(H,29,32). The lowest BCUT2D eigenvalue weighted by molar-refractivity contribution is 0.0952. The van der Waals surface area contributed by atoms with Gasteiger partial charge in [-0.05, 0) is 43.0 Å². The predicted octanol–water partition coefficient (Wildman–Crippen LogP) is 4.39. The van der Waals surface area contributed by atoms with Crippen LogP contribution in [0.25, 0.3) is 5.69 Å². The molecular formula is C25H28ClN5O3. The Hall–Kier alpha value is -3.70. The van der Waals surface area contributed by atoms with Gasteiger partial charge in [-0.2, -0.15) is 10.4 Å². The van der Waals surface area contributed by atoms with Gasteiger partial charge in [0.15, 0.2) is 11.5 Å². The van der Waals surface area contributed by atoms with Gasteiger partial charge in [-0.15, -0.1) is 0 Å². The number of nitrogens with two attached hydrogens (primary N) is 1. The fraction of sp³-hybridized carbons (Fsp3) is 0.320. The first-order chi connectivity index (χ1) is 16.3. The second kappa shape index (κ2) is 11.4. The zero-order valence-electron chi connectivity index (χ0n) is 19.5. The SMILES string of the molecule is COc1cc(C(=O)NCCCc2nn(-c3ccccc3)c(N)c2C#N)cc(Cl)c1OCC(C)C. The number of para-hydroxylation sites is 1. The third kappa shape index (κ3) is 5.80. The molecule has 34 heavy (non-hydrogen) atoms. The molecule has 3 aromatic rings. The van der Waals surface area contributed by atoms with Gasteiger partial charge in [0.2, 0.25) is 0 Å². The molecule has 0 unspecified atom stereocenters. The van der Waals surface area contributed by atoms with Crippen LogP contribution in [0.1, 0.15) is 41.9 Å². The summed E-state index contributed by atoms with van der Waals surface area (Å²) in [5.74, 6) is 1.16. The molecule has 1 aromatic heterocycles. The molecule has 8 nitrogen and oxygen atoms in total. The lowest BCUT2D eigenvalue weighted by Gasteiger charge is -2.15. The number of hydrogen-bond donors (Lipinski definition) is 2. The number of nitrogens with zero attached hydrogens (tertiary/aromatic N) is 3. The first kappa shape index (κ1) is 24.9. The van der Waals surface area contributed by atoms with E-state index >= 15 is 0 Å². The van der Waals surface area contributed by atoms with Crippen molar-refractivity contribution >= 4 is 23.3 Å². The molecule has 0 radical (unpaired) electrons. The van der Waals surface area contributed by atoms with Gasteiger partial charge >= 0.3 is 0 Å². The molecule has 0 aliphatic rings. The van der Waals surface area contributed by atoms with Gasteiger partial charge < -0.3 is 20.5 Å². The molecule has 178 valence electrons. The Balaban J connectivity index is 1.63. The molecule has 2 aromatic carbocycles. The molecule has 0 atom stereocenters. The van der Waals surface area contributed by atoms with Crippen molar-refractivity contribution in [3.63, 3.8) is 0 Å². The smallest absolute Gasteiger partial charge is 0.251 e. The fourth-order valence-electron chi connectivity index (χ4n) is 3.34. The summed E-state index contributed by atoms with van der Waals surface area (Å²) in [4.78, 5) is 12.7. The van der Waals surface area contributed by atoms with Crippen LogP contribution in [-0.2, 0) is 6.42 Å². The summed E-state index contributed by atoms with van der Waals surface area (Å²) in [7, 11) is 1.50. The molecular weight excluding hydrogens is 454 g/mol. The van der Waals surface area contributed by atoms with Crippen LogP contribution in [0.3, 0.4) is 0 Å². The molecule has 1 amide bonds. The first-order valence-electron chi connectivity index (χ1n) is 11.0. The van der Waals surface area contributed by atoms with Gasteiger partial charge in [-0.3, -0.25) is 4.79 Å². The van der Waals surface area contributed by atoms with E-state index in [0.717, 1.165) is 5.69 Å². The number of aryl methyl sites for hydroxylation is 1. The van der Waals surface area contributed by atoms with Crippen LogP contribution in [0.4, 0.5) is 5.82 Å². The van der Waals surface area contributed by atoms with Crippen molar-refractivity contribution in [3.05, 3.63) is 64.3 Å². The highest BCUT2D eigenvalue weighted by atomic mass is 35.5. The van der Waals surface area contributed by atoms with Crippen LogP contribution in [0.5, 0.6) is 11.5 Å². The van der Waals surface area contributed by atoms with E-state index in [1.165, 1.54) is 7.11 Å². The van der Waals surface area contributed by atoms with E-state index in [9.17, 15) is 10.1 Å². The minimum Gasteiger partial charge on any atom is -0.493 e. The minimum absolute atomic E-state index is 0.287. The van der Waals surface area contributed by atoms with Crippen molar-refractivity contribution in [3.8, 4) is 23.3 Å². The highest BCUT2D eigenvalue weighted by Crippen LogP contribution is 2.36. The van der Waals surface area contributed by atoms with Gasteiger partial charge in [0.25, 0.3) is 5.91 Å². The van der Waals surface area contributed by atoms with Crippen molar-refractivity contribution in [1.29, 1.82) is 5.26 Å². The van der Waals surface area contributed by atoms with Crippen molar-refractivity contribution in [2.45, 2.75) is 26.7 Å². The quantitative estimate of drug-likeness (QED) is 0.415. The van der Waals surface area contributed by atoms with Gasteiger partial charge in [0.05, 0.1) is 30.1 Å². The van der Waals surface area contributed by atoms with E-state index in [2.05, 4.69) is 16.5 Å². The molecule has 3 rings (SSSR count). The highest BCUT2D eigenvalue weighted by Gasteiger charge is 2.18. The summed E-state index contributed by atoms with van der Waals surface area (Å²) in [6.07, 6.45) is 1.06. The number of benzene rings is 2. The Labute approximate surface area is 204 Å². The van der Waals surface area contributed by atoms with Crippen LogP contribution < -0.4 is 20.5 Å². The van der Waals surface area contributed by atoms with Gasteiger partial charge in [0, 0.05) is 12.1 Å². The number of carbonyl (C=O) groups is 1. The zero-order valence-corrected chi connectivity index (χ0v) is 20.2. The zero-order chi connectivity index (χ0) is 24.7. The Morgan fingerprint density at radius 3 is 2.68 bits per heavy atom. The summed E-state index contributed by atoms with van der Waals surface area (Å²) in [5.41, 5.74) is 8.23. The van der Waals surface area contributed by atoms with E-state index in [4.69, 9.17) is 26.8 Å². The van der Waals surface area contributed by atoms with Gasteiger partial charge in [0.1, 0.15) is 17.5 Å². The average molecular weight is 482 g/mol. The number of halogens is 1. The van der Waals surface area contributed by atoms with Gasteiger partial charge in [-0.25, -0.2) is 4.68 Å². The lowest BCUT2D eigenvalue weighted by Crippen LogP contribution is -2.25. The molecule has 0 saturated carbocycles. The fourth-order valence-corrected chi connectivity index (χ4v) is 3.61. The number of nitrogens with one attached hydrogen (secondary N) is 1. The second-order valence-electron chi connectivity index (χ2n) is 8.12. The summed E-state index contributed by atoms with van der Waals surface area (Å²) < 4.78 is 12.7. The summed E-state index contributed by atoms with van der Waals surface area (Å²) in [6, 6.07) is 14.7. The van der Waals surface area contributed by atoms with E-state index in [-0.39, 0.29) is 5.91 Å². The van der Waals surface area contributed by atoms with E-state index in [1.807, 2.05) is 44.2 Å². The number of nitriles is 1. The van der Waals surface area contributed by atoms with Crippen LogP contribution in [0.2, 0.25) is 5.02 Å². The number of amides is 1. The number of nitrogen functional groups attached to an aromatic ring is 1. The van der Waals surface area contributed by atoms with Crippen LogP contribution in [0.15, 0.2) is 42.5 Å². The first-order valence-corrected chi connectivity index (χ1v) is 11.3. The molecule has 0 fully saturated rings. The number of ether oxygens (including phenoxy) is 2. The molecule has 0 saturated heterocycles. The Morgan fingerprint density at radius 2 is 2.03 bits per heavy atom. The molecule has 0 spiro atoms. The molecule has 3 N–H and O–H groups in total. The minimum atomic E-state index is -0.287. The largest absolute Gasteiger partial charge is 0.493 e. The maximum atomic E-state index is 12.7. The van der Waals surface area contributed by atoms with Crippen LogP contribution in [-0.4, -0.2) is 35.9 Å². The predicted molar refractivity (Wildman–Crippen MR) is 132 cm³/mol. The number of carbonyl (C=O) groups excluding carboxylic acids is 1. The lowest BCUT2D eigenvalue weighted by atomic mass is 10.1. The van der Waals surface area contributed by atoms with Crippen molar-refractivity contribution in [2.75, 3.05) is 26.0 Å². The Bertz CT molecular complexity index is 1190. The van der Waals surface area contributed by atoms with Crippen LogP contribution in [0, 0.1) is 17.2 Å². The molecule has 0 bridgehead atoms. The topological polar surface area (TPSA) is 115 Å². The van der Waals surface area contributed by atoms with Gasteiger partial charge in [-0.1, -0.05) is 43.6 Å².